The minimum absolute atomic E-state index is 0.314. The van der Waals surface area contributed by atoms with E-state index < -0.39 is 0 Å². The van der Waals surface area contributed by atoms with E-state index in [9.17, 15) is 0 Å². The smallest absolute Gasteiger partial charge is 0.0534 e. The Morgan fingerprint density at radius 1 is 1.35 bits per heavy atom. The Morgan fingerprint density at radius 2 is 2.18 bits per heavy atom. The molecule has 0 saturated carbocycles. The zero-order valence-electron chi connectivity index (χ0n) is 10.6. The van der Waals surface area contributed by atoms with Gasteiger partial charge in [-0.05, 0) is 31.9 Å². The number of hydrogen-bond donors (Lipinski definition) is 2. The van der Waals surface area contributed by atoms with Gasteiger partial charge in [-0.3, -0.25) is 5.10 Å². The average Bonchev–Trinajstić information content (AvgIpc) is 2.83. The summed E-state index contributed by atoms with van der Waals surface area (Å²) >= 11 is 0. The van der Waals surface area contributed by atoms with Crippen LogP contribution in [0.4, 0.5) is 0 Å². The molecule has 1 aromatic carbocycles. The minimum Gasteiger partial charge on any atom is -0.306 e. The third-order valence-electron chi connectivity index (χ3n) is 3.12. The number of hydrogen-bond acceptors (Lipinski definition) is 2. The maximum absolute atomic E-state index is 3.96. The standard InChI is InChI=1S/C14H19N3/c1-10-4-5-11(2)13(6-10)7-15-12(3)14-8-16-17-9-14/h4-6,8-9,12,15H,7H2,1-3H3,(H,16,17). The van der Waals surface area contributed by atoms with Gasteiger partial charge in [0.15, 0.2) is 0 Å². The van der Waals surface area contributed by atoms with Crippen LogP contribution in [0.5, 0.6) is 0 Å². The Hall–Kier alpha value is -1.61. The largest absolute Gasteiger partial charge is 0.306 e. The summed E-state index contributed by atoms with van der Waals surface area (Å²) in [4.78, 5) is 0. The van der Waals surface area contributed by atoms with Crippen LogP contribution in [0.15, 0.2) is 30.6 Å². The van der Waals surface area contributed by atoms with E-state index in [0.29, 0.717) is 6.04 Å². The molecule has 0 fully saturated rings. The molecular formula is C14H19N3. The van der Waals surface area contributed by atoms with Crippen LogP contribution < -0.4 is 5.32 Å². The van der Waals surface area contributed by atoms with E-state index >= 15 is 0 Å². The lowest BCUT2D eigenvalue weighted by atomic mass is 10.1. The number of benzene rings is 1. The second-order valence-electron chi connectivity index (χ2n) is 4.56. The quantitative estimate of drug-likeness (QED) is 0.846. The molecule has 2 aromatic rings. The molecule has 17 heavy (non-hydrogen) atoms. The zero-order valence-corrected chi connectivity index (χ0v) is 10.6. The second-order valence-corrected chi connectivity index (χ2v) is 4.56. The predicted octanol–water partition coefficient (Wildman–Crippen LogP) is 2.88. The molecule has 0 spiro atoms. The summed E-state index contributed by atoms with van der Waals surface area (Å²) in [7, 11) is 0. The minimum atomic E-state index is 0.314. The normalized spacial score (nSPS) is 12.6. The molecule has 0 aliphatic carbocycles. The van der Waals surface area contributed by atoms with Gasteiger partial charge in [-0.25, -0.2) is 0 Å². The van der Waals surface area contributed by atoms with Crippen molar-refractivity contribution in [2.24, 2.45) is 0 Å². The Morgan fingerprint density at radius 3 is 2.88 bits per heavy atom. The third-order valence-corrected chi connectivity index (χ3v) is 3.12. The van der Waals surface area contributed by atoms with Crippen molar-refractivity contribution < 1.29 is 0 Å². The lowest BCUT2D eigenvalue weighted by Gasteiger charge is -2.13. The molecule has 90 valence electrons. The summed E-state index contributed by atoms with van der Waals surface area (Å²) in [5, 5.41) is 10.3. The second kappa shape index (κ2) is 5.15. The van der Waals surface area contributed by atoms with E-state index in [4.69, 9.17) is 0 Å². The molecule has 1 unspecified atom stereocenters. The lowest BCUT2D eigenvalue weighted by molar-refractivity contribution is 0.573. The van der Waals surface area contributed by atoms with Crippen LogP contribution in [0.25, 0.3) is 0 Å². The molecular weight excluding hydrogens is 210 g/mol. The van der Waals surface area contributed by atoms with Gasteiger partial charge < -0.3 is 5.32 Å². The van der Waals surface area contributed by atoms with Crippen molar-refractivity contribution in [2.75, 3.05) is 0 Å². The first-order chi connectivity index (χ1) is 8.16. The first kappa shape index (κ1) is 11.9. The maximum atomic E-state index is 3.96. The van der Waals surface area contributed by atoms with Gasteiger partial charge in [0.05, 0.1) is 6.20 Å². The van der Waals surface area contributed by atoms with Crippen molar-refractivity contribution in [1.82, 2.24) is 15.5 Å². The molecule has 1 aromatic heterocycles. The van der Waals surface area contributed by atoms with Gasteiger partial charge in [-0.2, -0.15) is 5.10 Å². The van der Waals surface area contributed by atoms with Gasteiger partial charge >= 0.3 is 0 Å². The number of H-pyrrole nitrogens is 1. The zero-order chi connectivity index (χ0) is 12.3. The number of aryl methyl sites for hydroxylation is 2. The summed E-state index contributed by atoms with van der Waals surface area (Å²) in [5.41, 5.74) is 5.20. The summed E-state index contributed by atoms with van der Waals surface area (Å²) in [5.74, 6) is 0. The van der Waals surface area contributed by atoms with Gasteiger partial charge in [-0.1, -0.05) is 23.8 Å². The van der Waals surface area contributed by atoms with Crippen LogP contribution in [0.2, 0.25) is 0 Å². The molecule has 1 heterocycles. The number of aromatic amines is 1. The fourth-order valence-corrected chi connectivity index (χ4v) is 1.87. The van der Waals surface area contributed by atoms with Crippen LogP contribution in [-0.4, -0.2) is 10.2 Å². The molecule has 0 saturated heterocycles. The summed E-state index contributed by atoms with van der Waals surface area (Å²) in [6.07, 6.45) is 3.79. The molecule has 0 amide bonds. The highest BCUT2D eigenvalue weighted by molar-refractivity contribution is 5.30. The van der Waals surface area contributed by atoms with Crippen molar-refractivity contribution in [2.45, 2.75) is 33.4 Å². The summed E-state index contributed by atoms with van der Waals surface area (Å²) in [6, 6.07) is 6.88. The van der Waals surface area contributed by atoms with Crippen molar-refractivity contribution in [3.63, 3.8) is 0 Å². The molecule has 2 rings (SSSR count). The van der Waals surface area contributed by atoms with Crippen molar-refractivity contribution in [3.05, 3.63) is 52.8 Å². The van der Waals surface area contributed by atoms with E-state index in [1.165, 1.54) is 22.3 Å². The van der Waals surface area contributed by atoms with Crippen LogP contribution in [0.1, 0.15) is 35.2 Å². The Bertz CT molecular complexity index is 474. The highest BCUT2D eigenvalue weighted by atomic mass is 15.1. The molecule has 3 nitrogen and oxygen atoms in total. The molecule has 3 heteroatoms. The Kier molecular flexibility index (Phi) is 3.59. The number of aromatic nitrogens is 2. The Labute approximate surface area is 102 Å². The van der Waals surface area contributed by atoms with E-state index in [-0.39, 0.29) is 0 Å². The highest BCUT2D eigenvalue weighted by Gasteiger charge is 2.06. The molecule has 1 atom stereocenters. The first-order valence-corrected chi connectivity index (χ1v) is 5.95. The first-order valence-electron chi connectivity index (χ1n) is 5.95. The fourth-order valence-electron chi connectivity index (χ4n) is 1.87. The fraction of sp³-hybridized carbons (Fsp3) is 0.357. The number of nitrogens with one attached hydrogen (secondary N) is 2. The lowest BCUT2D eigenvalue weighted by Crippen LogP contribution is -2.18. The van der Waals surface area contributed by atoms with Gasteiger partial charge in [0, 0.05) is 24.3 Å². The van der Waals surface area contributed by atoms with E-state index in [2.05, 4.69) is 54.5 Å². The molecule has 0 aliphatic rings. The predicted molar refractivity (Wildman–Crippen MR) is 69.8 cm³/mol. The van der Waals surface area contributed by atoms with Crippen LogP contribution in [0, 0.1) is 13.8 Å². The maximum Gasteiger partial charge on any atom is 0.0534 e. The molecule has 0 aliphatic heterocycles. The topological polar surface area (TPSA) is 40.7 Å². The van der Waals surface area contributed by atoms with E-state index in [1.807, 2.05) is 12.4 Å². The van der Waals surface area contributed by atoms with Gasteiger partial charge in [0.1, 0.15) is 0 Å². The van der Waals surface area contributed by atoms with Gasteiger partial charge in [0.2, 0.25) is 0 Å². The van der Waals surface area contributed by atoms with Crippen LogP contribution in [0.3, 0.4) is 0 Å². The van der Waals surface area contributed by atoms with Gasteiger partial charge in [-0.15, -0.1) is 0 Å². The van der Waals surface area contributed by atoms with Crippen molar-refractivity contribution >= 4 is 0 Å². The monoisotopic (exact) mass is 229 g/mol. The van der Waals surface area contributed by atoms with Crippen LogP contribution in [-0.2, 0) is 6.54 Å². The van der Waals surface area contributed by atoms with Crippen molar-refractivity contribution in [3.8, 4) is 0 Å². The van der Waals surface area contributed by atoms with Gasteiger partial charge in [0.25, 0.3) is 0 Å². The highest BCUT2D eigenvalue weighted by Crippen LogP contribution is 2.14. The third kappa shape index (κ3) is 2.94. The van der Waals surface area contributed by atoms with Crippen molar-refractivity contribution in [1.29, 1.82) is 0 Å². The average molecular weight is 229 g/mol. The summed E-state index contributed by atoms with van der Waals surface area (Å²) < 4.78 is 0. The van der Waals surface area contributed by atoms with E-state index in [1.54, 1.807) is 0 Å². The Balaban J connectivity index is 2.00. The number of rotatable bonds is 4. The molecule has 0 radical (unpaired) electrons. The molecule has 0 bridgehead atoms. The van der Waals surface area contributed by atoms with Crippen LogP contribution >= 0.6 is 0 Å². The number of nitrogens with zero attached hydrogens (tertiary/aromatic N) is 1. The van der Waals surface area contributed by atoms with E-state index in [0.717, 1.165) is 6.54 Å². The SMILES string of the molecule is Cc1ccc(C)c(CNC(C)c2cn[nH]c2)c1. The summed E-state index contributed by atoms with van der Waals surface area (Å²) in [6.45, 7) is 7.32. The molecule has 2 N–H and O–H groups in total.